The summed E-state index contributed by atoms with van der Waals surface area (Å²) in [7, 11) is 0. The Hall–Kier alpha value is -4.33. The number of carbonyl (C=O) groups is 4. The molecule has 2 unspecified atom stereocenters. The lowest BCUT2D eigenvalue weighted by atomic mass is 10.0. The van der Waals surface area contributed by atoms with Gasteiger partial charge in [0.2, 0.25) is 17.1 Å². The van der Waals surface area contributed by atoms with Gasteiger partial charge in [-0.25, -0.2) is 14.2 Å². The van der Waals surface area contributed by atoms with Crippen molar-refractivity contribution in [2.75, 3.05) is 43.0 Å². The maximum atomic E-state index is 13.2. The second-order valence-electron chi connectivity index (χ2n) is 10.1. The van der Waals surface area contributed by atoms with E-state index < -0.39 is 46.5 Å². The summed E-state index contributed by atoms with van der Waals surface area (Å²) in [6, 6.07) is 2.59. The smallest absolute Gasteiger partial charge is 0.352 e. The largest absolute Gasteiger partial charge is 0.478 e. The Morgan fingerprint density at radius 1 is 1.23 bits per heavy atom. The number of nitrogens with two attached hydrogens (primary N) is 1. The van der Waals surface area contributed by atoms with E-state index in [1.807, 2.05) is 12.1 Å². The van der Waals surface area contributed by atoms with Crippen molar-refractivity contribution in [3.8, 4) is 0 Å². The molecule has 0 saturated carbocycles. The van der Waals surface area contributed by atoms with E-state index in [1.165, 1.54) is 25.6 Å². The Balaban J connectivity index is 1.45. The van der Waals surface area contributed by atoms with E-state index in [0.717, 1.165) is 22.1 Å². The van der Waals surface area contributed by atoms with Gasteiger partial charge in [-0.3, -0.25) is 14.5 Å². The normalized spacial score (nSPS) is 18.4. The second-order valence-corrected chi connectivity index (χ2v) is 12.0. The molecule has 8 N–H and O–H groups in total. The number of nitrogen functional groups attached to an aromatic ring is 1. The minimum absolute atomic E-state index is 0.0193. The van der Waals surface area contributed by atoms with Gasteiger partial charge in [-0.2, -0.15) is 9.36 Å². The minimum atomic E-state index is -1.79. The summed E-state index contributed by atoms with van der Waals surface area (Å²) < 4.78 is 5.73. The Labute approximate surface area is 259 Å². The lowest BCUT2D eigenvalue weighted by Crippen LogP contribution is -2.71. The standard InChI is InChI=1S/C25H31N9O8S2/c1-25(2,23(40)41)42-31-15(18-30-24(26)44-32-18)19(36)29-16-20(37)34-17(22(38)39)13(12-43-21(16)34)11-33-8-3-14(4-9-33)28-6-5-27-7-10-35/h3-4,8-9,16,21,27,35H,5-7,10-12H2,1-2H3,(H5,26,29,30,32,36,38,39,40,41)/p+1/b31-15-. The van der Waals surface area contributed by atoms with E-state index in [1.54, 1.807) is 17.0 Å². The first-order valence-electron chi connectivity index (χ1n) is 13.3. The Morgan fingerprint density at radius 2 is 1.95 bits per heavy atom. The minimum Gasteiger partial charge on any atom is -0.478 e. The van der Waals surface area contributed by atoms with E-state index in [4.69, 9.17) is 15.7 Å². The second kappa shape index (κ2) is 14.0. The topological polar surface area (TPSA) is 246 Å². The fraction of sp³-hybridized carbons (Fsp3) is 0.440. The van der Waals surface area contributed by atoms with Gasteiger partial charge < -0.3 is 41.8 Å². The molecule has 4 heterocycles. The lowest BCUT2D eigenvalue weighted by Gasteiger charge is -2.49. The van der Waals surface area contributed by atoms with Crippen LogP contribution in [0.4, 0.5) is 10.8 Å². The molecular formula is C25H32N9O8S2+. The molecule has 2 aliphatic rings. The van der Waals surface area contributed by atoms with Crippen molar-refractivity contribution in [2.45, 2.75) is 37.4 Å². The number of thioether (sulfide) groups is 1. The molecule has 0 aromatic carbocycles. The zero-order valence-corrected chi connectivity index (χ0v) is 25.4. The molecule has 2 aromatic rings. The summed E-state index contributed by atoms with van der Waals surface area (Å²) in [6.07, 6.45) is 3.59. The van der Waals surface area contributed by atoms with Crippen LogP contribution in [0.5, 0.6) is 0 Å². The van der Waals surface area contributed by atoms with Gasteiger partial charge in [-0.15, -0.1) is 11.8 Å². The zero-order valence-electron chi connectivity index (χ0n) is 23.7. The first-order valence-corrected chi connectivity index (χ1v) is 15.1. The fourth-order valence-corrected chi connectivity index (χ4v) is 5.90. The van der Waals surface area contributed by atoms with E-state index in [2.05, 4.69) is 30.5 Å². The molecule has 19 heteroatoms. The lowest BCUT2D eigenvalue weighted by molar-refractivity contribution is -0.688. The number of fused-ring (bicyclic) bond motifs is 1. The Morgan fingerprint density at radius 3 is 2.57 bits per heavy atom. The summed E-state index contributed by atoms with van der Waals surface area (Å²) >= 11 is 2.07. The fourth-order valence-electron chi connectivity index (χ4n) is 4.13. The van der Waals surface area contributed by atoms with Crippen LogP contribution in [-0.4, -0.2) is 108 Å². The van der Waals surface area contributed by atoms with Crippen LogP contribution in [0, 0.1) is 0 Å². The molecule has 236 valence electrons. The first kappa shape index (κ1) is 32.6. The zero-order chi connectivity index (χ0) is 32.0. The molecule has 0 spiro atoms. The van der Waals surface area contributed by atoms with E-state index in [9.17, 15) is 29.4 Å². The SMILES string of the molecule is CC(C)(O/N=C(\C(=O)NC1C(=O)N2C(C(=O)O)=C(C[n+]3ccc(NCCNCCO)cc3)CSC12)c1nsc(N)n1)C(=O)O. The first-order chi connectivity index (χ1) is 20.9. The van der Waals surface area contributed by atoms with Gasteiger partial charge in [-0.05, 0) is 13.8 Å². The summed E-state index contributed by atoms with van der Waals surface area (Å²) in [4.78, 5) is 60.2. The van der Waals surface area contributed by atoms with Crippen LogP contribution < -0.4 is 26.3 Å². The summed E-state index contributed by atoms with van der Waals surface area (Å²) in [5.74, 6) is -4.12. The maximum Gasteiger partial charge on any atom is 0.352 e. The average Bonchev–Trinajstić information content (AvgIpc) is 3.41. The number of pyridine rings is 1. The number of β-lactam (4-membered cyclic amide) rings is 1. The third-order valence-electron chi connectivity index (χ3n) is 6.47. The molecule has 1 fully saturated rings. The van der Waals surface area contributed by atoms with Crippen LogP contribution in [0.15, 0.2) is 41.0 Å². The van der Waals surface area contributed by atoms with Crippen LogP contribution in [0.3, 0.4) is 0 Å². The van der Waals surface area contributed by atoms with Gasteiger partial charge in [0, 0.05) is 60.3 Å². The van der Waals surface area contributed by atoms with Crippen LogP contribution in [-0.2, 0) is 30.6 Å². The molecule has 0 radical (unpaired) electrons. The number of amides is 2. The third-order valence-corrected chi connectivity index (χ3v) is 8.35. The van der Waals surface area contributed by atoms with Crippen LogP contribution in [0.2, 0.25) is 0 Å². The van der Waals surface area contributed by atoms with Gasteiger partial charge in [0.25, 0.3) is 11.8 Å². The van der Waals surface area contributed by atoms with Gasteiger partial charge in [-0.1, -0.05) is 5.16 Å². The number of oxime groups is 1. The predicted octanol–water partition coefficient (Wildman–Crippen LogP) is -1.58. The number of aromatic nitrogens is 3. The highest BCUT2D eigenvalue weighted by Crippen LogP contribution is 2.40. The Kier molecular flexibility index (Phi) is 10.3. The maximum absolute atomic E-state index is 13.2. The highest BCUT2D eigenvalue weighted by molar-refractivity contribution is 8.00. The molecule has 2 atom stereocenters. The highest BCUT2D eigenvalue weighted by Gasteiger charge is 2.55. The number of hydrogen-bond donors (Lipinski definition) is 7. The quantitative estimate of drug-likeness (QED) is 0.0378. The van der Waals surface area contributed by atoms with Gasteiger partial charge in [0.1, 0.15) is 17.1 Å². The number of hydrogen-bond acceptors (Lipinski definition) is 14. The van der Waals surface area contributed by atoms with Crippen LogP contribution in [0.1, 0.15) is 19.7 Å². The summed E-state index contributed by atoms with van der Waals surface area (Å²) in [6.45, 7) is 4.59. The number of aliphatic carboxylic acids is 2. The molecule has 2 aliphatic heterocycles. The molecule has 1 saturated heterocycles. The number of carbonyl (C=O) groups excluding carboxylic acids is 2. The van der Waals surface area contributed by atoms with E-state index in [-0.39, 0.29) is 35.6 Å². The highest BCUT2D eigenvalue weighted by atomic mass is 32.2. The number of nitrogens with one attached hydrogen (secondary N) is 3. The number of nitrogens with zero attached hydrogens (tertiary/aromatic N) is 5. The predicted molar refractivity (Wildman–Crippen MR) is 158 cm³/mol. The molecule has 2 aromatic heterocycles. The molecule has 17 nitrogen and oxygen atoms in total. The molecule has 4 rings (SSSR count). The van der Waals surface area contributed by atoms with Crippen molar-refractivity contribution in [2.24, 2.45) is 5.16 Å². The molecule has 0 bridgehead atoms. The molecule has 0 aliphatic carbocycles. The number of carboxylic acid groups (broad SMARTS) is 2. The summed E-state index contributed by atoms with van der Waals surface area (Å²) in [5.41, 5.74) is 4.58. The average molecular weight is 651 g/mol. The van der Waals surface area contributed by atoms with E-state index in [0.29, 0.717) is 25.2 Å². The molecule has 44 heavy (non-hydrogen) atoms. The van der Waals surface area contributed by atoms with Crippen LogP contribution >= 0.6 is 23.3 Å². The van der Waals surface area contributed by atoms with Gasteiger partial charge in [0.15, 0.2) is 24.1 Å². The number of aliphatic hydroxyl groups excluding tert-OH is 1. The third kappa shape index (κ3) is 7.41. The monoisotopic (exact) mass is 650 g/mol. The Bertz CT molecular complexity index is 1480. The van der Waals surface area contributed by atoms with Crippen molar-refractivity contribution in [1.82, 2.24) is 24.9 Å². The van der Waals surface area contributed by atoms with E-state index >= 15 is 0 Å². The number of rotatable bonds is 15. The number of aliphatic hydroxyl groups is 1. The number of anilines is 2. The molecule has 2 amide bonds. The van der Waals surface area contributed by atoms with Gasteiger partial charge in [0.05, 0.1) is 6.61 Å². The number of carboxylic acids is 2. The van der Waals surface area contributed by atoms with Gasteiger partial charge >= 0.3 is 11.9 Å². The van der Waals surface area contributed by atoms with Crippen LogP contribution in [0.25, 0.3) is 0 Å². The summed E-state index contributed by atoms with van der Waals surface area (Å²) in [5, 5.41) is 40.0. The van der Waals surface area contributed by atoms with Crippen molar-refractivity contribution in [3.63, 3.8) is 0 Å². The van der Waals surface area contributed by atoms with Crippen molar-refractivity contribution in [3.05, 3.63) is 41.6 Å². The van der Waals surface area contributed by atoms with Crippen molar-refractivity contribution < 1.29 is 43.9 Å². The van der Waals surface area contributed by atoms with Crippen molar-refractivity contribution >= 4 is 63.6 Å². The van der Waals surface area contributed by atoms with Crippen molar-refractivity contribution in [1.29, 1.82) is 0 Å². The molecular weight excluding hydrogens is 618 g/mol.